The van der Waals surface area contributed by atoms with Gasteiger partial charge < -0.3 is 15.5 Å². The summed E-state index contributed by atoms with van der Waals surface area (Å²) >= 11 is 0. The van der Waals surface area contributed by atoms with Crippen LogP contribution in [0.15, 0.2) is 36.5 Å². The molecule has 4 heteroatoms. The predicted octanol–water partition coefficient (Wildman–Crippen LogP) is 11.1. The first kappa shape index (κ1) is 41.6. The fourth-order valence-electron chi connectivity index (χ4n) is 5.43. The van der Waals surface area contributed by atoms with E-state index in [0.29, 0.717) is 6.42 Å². The molecule has 0 aromatic heterocycles. The number of aliphatic hydroxyl groups excluding tert-OH is 2. The SMILES string of the molecule is CCCC/C=C/C(O)C(CO)NC(=O)CCCCCCCCCCCCCCCCC/C=C\C/C=C\CCCCCCC. The highest BCUT2D eigenvalue weighted by molar-refractivity contribution is 5.76. The number of carbonyl (C=O) groups is 1. The minimum absolute atomic E-state index is 0.0744. The van der Waals surface area contributed by atoms with E-state index in [9.17, 15) is 15.0 Å². The summed E-state index contributed by atoms with van der Waals surface area (Å²) in [5.74, 6) is -0.0744. The molecule has 0 aromatic rings. The molecule has 0 saturated carbocycles. The number of carbonyl (C=O) groups excluding carboxylic acids is 1. The van der Waals surface area contributed by atoms with Gasteiger partial charge in [0, 0.05) is 6.42 Å². The summed E-state index contributed by atoms with van der Waals surface area (Å²) in [6.07, 6.45) is 45.7. The maximum absolute atomic E-state index is 12.2. The van der Waals surface area contributed by atoms with Crippen molar-refractivity contribution in [2.24, 2.45) is 0 Å². The molecule has 0 aliphatic heterocycles. The summed E-state index contributed by atoms with van der Waals surface area (Å²) in [6, 6.07) is -0.616. The number of hydrogen-bond acceptors (Lipinski definition) is 3. The van der Waals surface area contributed by atoms with Crippen LogP contribution >= 0.6 is 0 Å². The number of amides is 1. The first-order chi connectivity index (χ1) is 21.2. The van der Waals surface area contributed by atoms with Crippen LogP contribution in [-0.4, -0.2) is 34.9 Å². The molecule has 43 heavy (non-hydrogen) atoms. The highest BCUT2D eigenvalue weighted by Crippen LogP contribution is 2.14. The van der Waals surface area contributed by atoms with Crippen LogP contribution < -0.4 is 5.32 Å². The average molecular weight is 604 g/mol. The molecule has 0 heterocycles. The molecule has 2 atom stereocenters. The first-order valence-electron chi connectivity index (χ1n) is 18.7. The second-order valence-corrected chi connectivity index (χ2v) is 12.6. The van der Waals surface area contributed by atoms with Gasteiger partial charge in [0.1, 0.15) is 0 Å². The van der Waals surface area contributed by atoms with Crippen LogP contribution in [0.3, 0.4) is 0 Å². The second-order valence-electron chi connectivity index (χ2n) is 12.6. The van der Waals surface area contributed by atoms with Gasteiger partial charge in [-0.2, -0.15) is 0 Å². The van der Waals surface area contributed by atoms with Crippen LogP contribution in [-0.2, 0) is 4.79 Å². The van der Waals surface area contributed by atoms with Crippen molar-refractivity contribution in [3.05, 3.63) is 36.5 Å². The Kier molecular flexibility index (Phi) is 34.0. The molecule has 0 rings (SSSR count). The van der Waals surface area contributed by atoms with Crippen LogP contribution in [0, 0.1) is 0 Å². The van der Waals surface area contributed by atoms with Gasteiger partial charge in [-0.05, 0) is 44.9 Å². The van der Waals surface area contributed by atoms with Crippen molar-refractivity contribution in [3.63, 3.8) is 0 Å². The van der Waals surface area contributed by atoms with Crippen molar-refractivity contribution in [1.82, 2.24) is 5.32 Å². The quantitative estimate of drug-likeness (QED) is 0.0516. The fraction of sp³-hybridized carbons (Fsp3) is 0.821. The lowest BCUT2D eigenvalue weighted by Gasteiger charge is -2.19. The number of nitrogens with one attached hydrogen (secondary N) is 1. The zero-order valence-corrected chi connectivity index (χ0v) is 28.7. The smallest absolute Gasteiger partial charge is 0.220 e. The Hall–Kier alpha value is -1.39. The molecule has 0 aliphatic carbocycles. The normalized spacial score (nSPS) is 13.5. The van der Waals surface area contributed by atoms with Crippen LogP contribution in [0.25, 0.3) is 0 Å². The Morgan fingerprint density at radius 2 is 0.977 bits per heavy atom. The van der Waals surface area contributed by atoms with Crippen molar-refractivity contribution >= 4 is 5.91 Å². The number of aliphatic hydroxyl groups is 2. The van der Waals surface area contributed by atoms with Crippen molar-refractivity contribution in [2.75, 3.05) is 6.61 Å². The maximum atomic E-state index is 12.2. The highest BCUT2D eigenvalue weighted by Gasteiger charge is 2.17. The van der Waals surface area contributed by atoms with E-state index >= 15 is 0 Å². The zero-order valence-electron chi connectivity index (χ0n) is 28.7. The van der Waals surface area contributed by atoms with Crippen LogP contribution in [0.1, 0.15) is 187 Å². The molecule has 0 fully saturated rings. The van der Waals surface area contributed by atoms with Gasteiger partial charge in [0.2, 0.25) is 5.91 Å². The average Bonchev–Trinajstić information content (AvgIpc) is 3.01. The van der Waals surface area contributed by atoms with E-state index in [1.807, 2.05) is 6.08 Å². The van der Waals surface area contributed by atoms with Gasteiger partial charge in [0.05, 0.1) is 18.8 Å². The first-order valence-corrected chi connectivity index (χ1v) is 18.7. The van der Waals surface area contributed by atoms with E-state index in [0.717, 1.165) is 38.5 Å². The number of allylic oxidation sites excluding steroid dienone is 5. The molecule has 252 valence electrons. The summed E-state index contributed by atoms with van der Waals surface area (Å²) < 4.78 is 0. The largest absolute Gasteiger partial charge is 0.394 e. The van der Waals surface area contributed by atoms with Gasteiger partial charge in [-0.1, -0.05) is 172 Å². The van der Waals surface area contributed by atoms with E-state index in [4.69, 9.17) is 0 Å². The molecule has 0 bridgehead atoms. The summed E-state index contributed by atoms with van der Waals surface area (Å²) in [5, 5.41) is 22.5. The molecule has 3 N–H and O–H groups in total. The third-order valence-corrected chi connectivity index (χ3v) is 8.37. The van der Waals surface area contributed by atoms with Crippen molar-refractivity contribution in [1.29, 1.82) is 0 Å². The fourth-order valence-corrected chi connectivity index (χ4v) is 5.43. The Labute approximate surface area is 268 Å². The van der Waals surface area contributed by atoms with E-state index in [1.165, 1.54) is 128 Å². The Bertz CT molecular complexity index is 657. The van der Waals surface area contributed by atoms with Crippen molar-refractivity contribution < 1.29 is 15.0 Å². The van der Waals surface area contributed by atoms with Crippen molar-refractivity contribution in [2.45, 2.75) is 199 Å². The van der Waals surface area contributed by atoms with E-state index < -0.39 is 12.1 Å². The molecule has 4 nitrogen and oxygen atoms in total. The molecule has 0 aromatic carbocycles. The summed E-state index contributed by atoms with van der Waals surface area (Å²) in [7, 11) is 0. The van der Waals surface area contributed by atoms with Gasteiger partial charge in [-0.25, -0.2) is 0 Å². The lowest BCUT2D eigenvalue weighted by atomic mass is 10.0. The molecule has 1 amide bonds. The molecule has 0 saturated heterocycles. The van der Waals surface area contributed by atoms with Gasteiger partial charge in [0.25, 0.3) is 0 Å². The molecule has 0 aliphatic rings. The van der Waals surface area contributed by atoms with E-state index in [2.05, 4.69) is 43.5 Å². The predicted molar refractivity (Wildman–Crippen MR) is 188 cm³/mol. The lowest BCUT2D eigenvalue weighted by Crippen LogP contribution is -2.45. The highest BCUT2D eigenvalue weighted by atomic mass is 16.3. The molecule has 0 spiro atoms. The number of hydrogen-bond donors (Lipinski definition) is 3. The van der Waals surface area contributed by atoms with Crippen LogP contribution in [0.5, 0.6) is 0 Å². The monoisotopic (exact) mass is 604 g/mol. The standard InChI is InChI=1S/C39H73NO3/c1-3-5-7-9-10-11-12-13-14-15-16-17-18-19-20-21-22-23-24-25-26-27-28-29-30-31-33-35-39(43)40-37(36-41)38(42)34-32-8-6-4-2/h12-13,15-16,32,34,37-38,41-42H,3-11,14,17-31,33,35-36H2,1-2H3,(H,40,43)/b13-12-,16-15-,34-32+. The Balaban J connectivity index is 3.40. The second kappa shape index (κ2) is 35.1. The zero-order chi connectivity index (χ0) is 31.5. The third-order valence-electron chi connectivity index (χ3n) is 8.37. The minimum atomic E-state index is -0.833. The van der Waals surface area contributed by atoms with Crippen LogP contribution in [0.4, 0.5) is 0 Å². The molecular weight excluding hydrogens is 530 g/mol. The Morgan fingerprint density at radius 3 is 1.44 bits per heavy atom. The Morgan fingerprint density at radius 1 is 0.558 bits per heavy atom. The number of rotatable bonds is 33. The maximum Gasteiger partial charge on any atom is 0.220 e. The van der Waals surface area contributed by atoms with Gasteiger partial charge in [0.15, 0.2) is 0 Å². The molecule has 2 unspecified atom stereocenters. The summed E-state index contributed by atoms with van der Waals surface area (Å²) in [5.41, 5.74) is 0. The molecular formula is C39H73NO3. The van der Waals surface area contributed by atoms with E-state index in [-0.39, 0.29) is 12.5 Å². The van der Waals surface area contributed by atoms with Gasteiger partial charge >= 0.3 is 0 Å². The molecule has 0 radical (unpaired) electrons. The van der Waals surface area contributed by atoms with Gasteiger partial charge in [-0.3, -0.25) is 4.79 Å². The third kappa shape index (κ3) is 31.8. The number of unbranched alkanes of at least 4 members (excludes halogenated alkanes) is 22. The van der Waals surface area contributed by atoms with E-state index in [1.54, 1.807) is 6.08 Å². The topological polar surface area (TPSA) is 69.6 Å². The minimum Gasteiger partial charge on any atom is -0.394 e. The van der Waals surface area contributed by atoms with Crippen molar-refractivity contribution in [3.8, 4) is 0 Å². The summed E-state index contributed by atoms with van der Waals surface area (Å²) in [4.78, 5) is 12.2. The van der Waals surface area contributed by atoms with Crippen LogP contribution in [0.2, 0.25) is 0 Å². The summed E-state index contributed by atoms with van der Waals surface area (Å²) in [6.45, 7) is 4.15. The lowest BCUT2D eigenvalue weighted by molar-refractivity contribution is -0.123. The van der Waals surface area contributed by atoms with Gasteiger partial charge in [-0.15, -0.1) is 0 Å².